The minimum atomic E-state index is -5.74. The van der Waals surface area contributed by atoms with Crippen LogP contribution in [0, 0.1) is 0 Å². The van der Waals surface area contributed by atoms with Crippen molar-refractivity contribution < 1.29 is 37.5 Å². The fraction of sp³-hybridized carbons (Fsp3) is 0.481. The molecule has 224 valence electrons. The van der Waals surface area contributed by atoms with E-state index in [1.807, 2.05) is 10.8 Å². The molecule has 42 heavy (non-hydrogen) atoms. The number of alkyl halides is 2. The predicted molar refractivity (Wildman–Crippen MR) is 149 cm³/mol. The van der Waals surface area contributed by atoms with Crippen LogP contribution in [0.5, 0.6) is 0 Å². The number of piperidine rings is 1. The Morgan fingerprint density at radius 2 is 1.81 bits per heavy atom. The first-order chi connectivity index (χ1) is 19.9. The first kappa shape index (κ1) is 28.9. The first-order valence-electron chi connectivity index (χ1n) is 13.8. The van der Waals surface area contributed by atoms with Gasteiger partial charge in [0.1, 0.15) is 12.1 Å². The molecule has 3 N–H and O–H groups in total. The van der Waals surface area contributed by atoms with E-state index in [2.05, 4.69) is 10.3 Å². The van der Waals surface area contributed by atoms with Crippen LogP contribution in [-0.2, 0) is 19.8 Å². The number of amides is 3. The summed E-state index contributed by atoms with van der Waals surface area (Å²) in [5, 5.41) is 3.03. The van der Waals surface area contributed by atoms with Crippen LogP contribution in [-0.4, -0.2) is 78.1 Å². The van der Waals surface area contributed by atoms with E-state index in [9.17, 15) is 27.7 Å². The quantitative estimate of drug-likeness (QED) is 0.358. The topological polar surface area (TPSA) is 145 Å². The van der Waals surface area contributed by atoms with E-state index in [1.54, 1.807) is 22.3 Å². The van der Waals surface area contributed by atoms with Crippen LogP contribution in [0.2, 0.25) is 0 Å². The van der Waals surface area contributed by atoms with E-state index in [-0.39, 0.29) is 34.2 Å². The highest BCUT2D eigenvalue weighted by atomic mass is 32.1. The molecule has 3 aromatic rings. The van der Waals surface area contributed by atoms with Gasteiger partial charge in [0.2, 0.25) is 11.8 Å². The van der Waals surface area contributed by atoms with Crippen molar-refractivity contribution in [2.24, 2.45) is 0 Å². The molecule has 2 aromatic heterocycles. The van der Waals surface area contributed by atoms with Gasteiger partial charge in [0, 0.05) is 41.8 Å². The molecule has 3 saturated heterocycles. The van der Waals surface area contributed by atoms with Crippen molar-refractivity contribution >= 4 is 46.7 Å². The Hall–Kier alpha value is -3.19. The number of likely N-dealkylation sites (tertiary alicyclic amines) is 1. The molecule has 0 spiro atoms. The van der Waals surface area contributed by atoms with Gasteiger partial charge >= 0.3 is 13.3 Å². The Morgan fingerprint density at radius 3 is 2.50 bits per heavy atom. The van der Waals surface area contributed by atoms with Crippen LogP contribution in [0.3, 0.4) is 0 Å². The molecule has 0 unspecified atom stereocenters. The lowest BCUT2D eigenvalue weighted by molar-refractivity contribution is -0.154. The molecule has 3 aliphatic rings. The van der Waals surface area contributed by atoms with Gasteiger partial charge in [-0.15, -0.1) is 11.3 Å². The zero-order valence-electron chi connectivity index (χ0n) is 22.4. The fourth-order valence-corrected chi connectivity index (χ4v) is 7.62. The number of carbonyl (C=O) groups excluding carboxylic acids is 3. The SMILES string of the molecule is O=C(N[C@H]1CCC[C@H]2CCC[C@@H](C(=O)N3CC(n4ccnc4)C3)N2C1=O)c1cc2cc(C(F)(F)P(=O)(O)O)ccc2s1. The van der Waals surface area contributed by atoms with Crippen LogP contribution in [0.4, 0.5) is 8.78 Å². The Kier molecular flexibility index (Phi) is 7.45. The van der Waals surface area contributed by atoms with Crippen LogP contribution >= 0.6 is 18.9 Å². The van der Waals surface area contributed by atoms with Gasteiger partial charge in [-0.3, -0.25) is 18.9 Å². The third-order valence-electron chi connectivity index (χ3n) is 8.49. The molecule has 6 rings (SSSR count). The maximum atomic E-state index is 14.2. The van der Waals surface area contributed by atoms with Gasteiger partial charge < -0.3 is 29.5 Å². The largest absolute Gasteiger partial charge is 0.399 e. The summed E-state index contributed by atoms with van der Waals surface area (Å²) in [5.41, 5.74) is -5.22. The lowest BCUT2D eigenvalue weighted by Crippen LogP contribution is -2.63. The van der Waals surface area contributed by atoms with Crippen molar-refractivity contribution in [1.29, 1.82) is 0 Å². The summed E-state index contributed by atoms with van der Waals surface area (Å²) < 4.78 is 42.2. The van der Waals surface area contributed by atoms with Crippen molar-refractivity contribution in [3.8, 4) is 0 Å². The lowest BCUT2D eigenvalue weighted by atomic mass is 9.91. The number of imidazole rings is 1. The molecule has 0 bridgehead atoms. The van der Waals surface area contributed by atoms with Crippen molar-refractivity contribution in [2.45, 2.75) is 68.4 Å². The van der Waals surface area contributed by atoms with Gasteiger partial charge in [0.25, 0.3) is 5.91 Å². The number of carbonyl (C=O) groups is 3. The summed E-state index contributed by atoms with van der Waals surface area (Å²) >= 11 is 1.03. The van der Waals surface area contributed by atoms with Crippen LogP contribution in [0.1, 0.15) is 59.8 Å². The molecule has 0 radical (unpaired) electrons. The number of fused-ring (bicyclic) bond motifs is 2. The normalized spacial score (nSPS) is 23.8. The van der Waals surface area contributed by atoms with Crippen molar-refractivity contribution in [3.63, 3.8) is 0 Å². The summed E-state index contributed by atoms with van der Waals surface area (Å²) in [5.74, 6) is -0.925. The zero-order chi connectivity index (χ0) is 29.8. The van der Waals surface area contributed by atoms with E-state index >= 15 is 0 Å². The van der Waals surface area contributed by atoms with E-state index in [0.717, 1.165) is 42.7 Å². The number of halogens is 2. The highest BCUT2D eigenvalue weighted by Gasteiger charge is 2.50. The Bertz CT molecular complexity index is 1570. The monoisotopic (exact) mass is 621 g/mol. The second-order valence-electron chi connectivity index (χ2n) is 11.2. The minimum Gasteiger partial charge on any atom is -0.340 e. The van der Waals surface area contributed by atoms with Crippen molar-refractivity contribution in [1.82, 2.24) is 24.7 Å². The predicted octanol–water partition coefficient (Wildman–Crippen LogP) is 3.44. The maximum absolute atomic E-state index is 14.2. The first-order valence-corrected chi connectivity index (χ1v) is 16.2. The molecule has 1 aromatic carbocycles. The molecule has 3 atom stereocenters. The van der Waals surface area contributed by atoms with Gasteiger partial charge in [-0.05, 0) is 62.1 Å². The molecule has 15 heteroatoms. The molecule has 3 fully saturated rings. The number of nitrogens with one attached hydrogen (secondary N) is 1. The maximum Gasteiger partial charge on any atom is 0.399 e. The van der Waals surface area contributed by atoms with E-state index in [0.29, 0.717) is 37.1 Å². The summed E-state index contributed by atoms with van der Waals surface area (Å²) in [7, 11) is -5.74. The molecule has 3 amide bonds. The highest BCUT2D eigenvalue weighted by Crippen LogP contribution is 2.59. The van der Waals surface area contributed by atoms with Crippen molar-refractivity contribution in [2.75, 3.05) is 13.1 Å². The molecule has 5 heterocycles. The van der Waals surface area contributed by atoms with E-state index in [4.69, 9.17) is 9.79 Å². The number of nitrogens with zero attached hydrogens (tertiary/aromatic N) is 4. The summed E-state index contributed by atoms with van der Waals surface area (Å²) in [6.45, 7) is 1.10. The number of rotatable bonds is 6. The number of aromatic nitrogens is 2. The second-order valence-corrected chi connectivity index (χ2v) is 13.9. The van der Waals surface area contributed by atoms with Crippen LogP contribution in [0.25, 0.3) is 10.1 Å². The lowest BCUT2D eigenvalue weighted by Gasteiger charge is -2.47. The Labute approximate surface area is 243 Å². The zero-order valence-corrected chi connectivity index (χ0v) is 24.1. The summed E-state index contributed by atoms with van der Waals surface area (Å²) in [4.78, 5) is 66.4. The summed E-state index contributed by atoms with van der Waals surface area (Å²) in [6, 6.07) is 3.19. The molecule has 3 aliphatic heterocycles. The highest BCUT2D eigenvalue weighted by molar-refractivity contribution is 7.52. The number of thiophene rings is 1. The fourth-order valence-electron chi connectivity index (χ4n) is 6.19. The molecular weight excluding hydrogens is 591 g/mol. The third kappa shape index (κ3) is 5.14. The Morgan fingerprint density at radius 1 is 1.07 bits per heavy atom. The van der Waals surface area contributed by atoms with E-state index in [1.165, 1.54) is 12.1 Å². The van der Waals surface area contributed by atoms with Gasteiger partial charge in [-0.1, -0.05) is 6.07 Å². The van der Waals surface area contributed by atoms with Crippen LogP contribution < -0.4 is 5.32 Å². The van der Waals surface area contributed by atoms with Gasteiger partial charge in [-0.2, -0.15) is 8.78 Å². The number of hydrogen-bond acceptors (Lipinski definition) is 6. The minimum absolute atomic E-state index is 0.0775. The van der Waals surface area contributed by atoms with E-state index < -0.39 is 36.8 Å². The van der Waals surface area contributed by atoms with Gasteiger partial charge in [0.05, 0.1) is 17.2 Å². The third-order valence-corrected chi connectivity index (χ3v) is 10.6. The van der Waals surface area contributed by atoms with Gasteiger partial charge in [-0.25, -0.2) is 4.98 Å². The number of benzene rings is 1. The molecule has 11 nitrogen and oxygen atoms in total. The second kappa shape index (κ2) is 10.8. The summed E-state index contributed by atoms with van der Waals surface area (Å²) in [6.07, 6.45) is 9.32. The average Bonchev–Trinajstić information content (AvgIpc) is 3.57. The Balaban J connectivity index is 1.17. The smallest absolute Gasteiger partial charge is 0.340 e. The van der Waals surface area contributed by atoms with Crippen LogP contribution in [0.15, 0.2) is 43.0 Å². The standard InChI is InChI=1S/C27H30F2N5O6PS/c28-27(29,41(38,39)40)17-7-8-22-16(11-17)12-23(42-22)24(35)31-20-5-1-3-18-4-2-6-21(34(18)25(20)36)26(37)33-13-19(14-33)32-10-9-30-15-32/h7-12,15,18-21H,1-6,13-14H2,(H,31,35)(H2,38,39,40)/t18-,20-,21-/m0/s1. The molecular formula is C27H30F2N5O6PS. The van der Waals surface area contributed by atoms with Crippen molar-refractivity contribution in [3.05, 3.63) is 53.4 Å². The van der Waals surface area contributed by atoms with Gasteiger partial charge in [0.15, 0.2) is 0 Å². The number of hydrogen-bond donors (Lipinski definition) is 3. The molecule has 0 aliphatic carbocycles. The molecule has 0 saturated carbocycles. The average molecular weight is 622 g/mol.